The fourth-order valence-electron chi connectivity index (χ4n) is 0.910. The van der Waals surface area contributed by atoms with Crippen molar-refractivity contribution in [1.29, 1.82) is 0 Å². The number of ether oxygens (including phenoxy) is 1. The first kappa shape index (κ1) is 8.77. The highest BCUT2D eigenvalue weighted by Gasteiger charge is 2.12. The van der Waals surface area contributed by atoms with Crippen LogP contribution in [-0.4, -0.2) is 17.2 Å². The molecule has 4 heteroatoms. The summed E-state index contributed by atoms with van der Waals surface area (Å²) in [4.78, 5) is 10.1. The van der Waals surface area contributed by atoms with Crippen LogP contribution in [0.2, 0.25) is 0 Å². The molecule has 0 aliphatic carbocycles. The molecule has 0 aromatic rings. The molecule has 0 fully saturated rings. The van der Waals surface area contributed by atoms with Crippen LogP contribution >= 0.6 is 0 Å². The van der Waals surface area contributed by atoms with Gasteiger partial charge in [0.2, 0.25) is 5.83 Å². The average Bonchev–Trinajstić information content (AvgIpc) is 2.06. The quantitative estimate of drug-likeness (QED) is 0.644. The molecule has 0 aromatic heterocycles. The lowest BCUT2D eigenvalue weighted by Gasteiger charge is -2.14. The zero-order valence-electron chi connectivity index (χ0n) is 6.37. The molecule has 0 amide bonds. The van der Waals surface area contributed by atoms with E-state index in [1.54, 1.807) is 0 Å². The summed E-state index contributed by atoms with van der Waals surface area (Å²) < 4.78 is 17.4. The summed E-state index contributed by atoms with van der Waals surface area (Å²) in [6.07, 6.45) is 5.21. The molecular formula is C8H9FO3. The summed E-state index contributed by atoms with van der Waals surface area (Å²) in [7, 11) is 0. The van der Waals surface area contributed by atoms with Crippen LogP contribution in [0.5, 0.6) is 0 Å². The zero-order valence-corrected chi connectivity index (χ0v) is 6.37. The van der Waals surface area contributed by atoms with Crippen LogP contribution in [0.1, 0.15) is 12.8 Å². The molecule has 12 heavy (non-hydrogen) atoms. The number of halogens is 1. The largest absolute Gasteiger partial charge is 0.494 e. The third-order valence-electron chi connectivity index (χ3n) is 1.50. The van der Waals surface area contributed by atoms with Gasteiger partial charge in [0.05, 0.1) is 6.26 Å². The van der Waals surface area contributed by atoms with Crippen molar-refractivity contribution in [3.8, 4) is 0 Å². The van der Waals surface area contributed by atoms with Crippen molar-refractivity contribution >= 4 is 5.97 Å². The minimum absolute atomic E-state index is 0.439. The molecular weight excluding hydrogens is 163 g/mol. The first-order chi connectivity index (χ1) is 5.70. The Balaban J connectivity index is 2.54. The highest BCUT2D eigenvalue weighted by molar-refractivity contribution is 5.83. The molecule has 0 bridgehead atoms. The predicted octanol–water partition coefficient (Wildman–Crippen LogP) is 1.62. The molecule has 1 aliphatic heterocycles. The van der Waals surface area contributed by atoms with Crippen molar-refractivity contribution in [2.75, 3.05) is 0 Å². The number of allylic oxidation sites excluding steroid dienone is 1. The maximum absolute atomic E-state index is 12.5. The van der Waals surface area contributed by atoms with E-state index in [1.807, 2.05) is 6.08 Å². The highest BCUT2D eigenvalue weighted by Crippen LogP contribution is 2.13. The van der Waals surface area contributed by atoms with Gasteiger partial charge in [0.25, 0.3) is 0 Å². The second-order valence-corrected chi connectivity index (χ2v) is 2.44. The van der Waals surface area contributed by atoms with E-state index in [0.717, 1.165) is 12.5 Å². The predicted molar refractivity (Wildman–Crippen MR) is 40.1 cm³/mol. The second kappa shape index (κ2) is 3.90. The van der Waals surface area contributed by atoms with Crippen LogP contribution in [-0.2, 0) is 9.53 Å². The average molecular weight is 172 g/mol. The molecule has 1 aliphatic rings. The Morgan fingerprint density at radius 2 is 2.50 bits per heavy atom. The molecule has 1 unspecified atom stereocenters. The number of carboxylic acid groups (broad SMARTS) is 1. The van der Waals surface area contributed by atoms with Crippen LogP contribution in [0, 0.1) is 0 Å². The Kier molecular flexibility index (Phi) is 2.85. The number of aliphatic carboxylic acids is 1. The van der Waals surface area contributed by atoms with Crippen molar-refractivity contribution in [3.63, 3.8) is 0 Å². The topological polar surface area (TPSA) is 46.5 Å². The first-order valence-electron chi connectivity index (χ1n) is 3.61. The van der Waals surface area contributed by atoms with E-state index in [9.17, 15) is 9.18 Å². The van der Waals surface area contributed by atoms with E-state index in [0.29, 0.717) is 6.42 Å². The summed E-state index contributed by atoms with van der Waals surface area (Å²) in [5, 5.41) is 8.20. The molecule has 3 nitrogen and oxygen atoms in total. The molecule has 0 spiro atoms. The van der Waals surface area contributed by atoms with Crippen molar-refractivity contribution in [2.24, 2.45) is 0 Å². The fraction of sp³-hybridized carbons (Fsp3) is 0.375. The molecule has 1 rings (SSSR count). The Morgan fingerprint density at radius 1 is 1.75 bits per heavy atom. The molecule has 0 saturated carbocycles. The van der Waals surface area contributed by atoms with E-state index in [2.05, 4.69) is 0 Å². The third kappa shape index (κ3) is 2.38. The van der Waals surface area contributed by atoms with Gasteiger partial charge >= 0.3 is 5.97 Å². The van der Waals surface area contributed by atoms with Gasteiger partial charge in [0, 0.05) is 0 Å². The molecule has 1 N–H and O–H groups in total. The zero-order chi connectivity index (χ0) is 8.97. The normalized spacial score (nSPS) is 23.4. The molecule has 0 radical (unpaired) electrons. The molecule has 0 aromatic carbocycles. The number of hydrogen-bond donors (Lipinski definition) is 1. The SMILES string of the molecule is O=C(O)/C(F)=C/C1CCC=CO1. The lowest BCUT2D eigenvalue weighted by molar-refractivity contribution is -0.134. The Hall–Kier alpha value is -1.32. The van der Waals surface area contributed by atoms with Gasteiger partial charge in [0.1, 0.15) is 6.10 Å². The summed E-state index contributed by atoms with van der Waals surface area (Å²) in [5.74, 6) is -2.71. The smallest absolute Gasteiger partial charge is 0.364 e. The van der Waals surface area contributed by atoms with E-state index < -0.39 is 17.9 Å². The van der Waals surface area contributed by atoms with Gasteiger partial charge in [-0.3, -0.25) is 0 Å². The van der Waals surface area contributed by atoms with Crippen molar-refractivity contribution in [1.82, 2.24) is 0 Å². The van der Waals surface area contributed by atoms with Gasteiger partial charge in [0.15, 0.2) is 0 Å². The van der Waals surface area contributed by atoms with Gasteiger partial charge < -0.3 is 9.84 Å². The lowest BCUT2D eigenvalue weighted by Crippen LogP contribution is -2.11. The molecule has 0 saturated heterocycles. The van der Waals surface area contributed by atoms with E-state index >= 15 is 0 Å². The van der Waals surface area contributed by atoms with Crippen molar-refractivity contribution < 1.29 is 19.0 Å². The summed E-state index contributed by atoms with van der Waals surface area (Å²) in [6, 6.07) is 0. The van der Waals surface area contributed by atoms with Crippen molar-refractivity contribution in [2.45, 2.75) is 18.9 Å². The standard InChI is InChI=1S/C8H9FO3/c9-7(8(10)11)5-6-3-1-2-4-12-6/h2,4-6H,1,3H2,(H,10,11)/b7-5-. The van der Waals surface area contributed by atoms with Gasteiger partial charge in [-0.2, -0.15) is 4.39 Å². The monoisotopic (exact) mass is 172 g/mol. The minimum atomic E-state index is -1.55. The first-order valence-corrected chi connectivity index (χ1v) is 3.61. The molecule has 1 atom stereocenters. The Bertz CT molecular complexity index is 232. The van der Waals surface area contributed by atoms with E-state index in [1.165, 1.54) is 6.26 Å². The molecule has 1 heterocycles. The van der Waals surface area contributed by atoms with Gasteiger partial charge in [-0.25, -0.2) is 4.79 Å². The number of hydrogen-bond acceptors (Lipinski definition) is 2. The second-order valence-electron chi connectivity index (χ2n) is 2.44. The number of carboxylic acids is 1. The maximum Gasteiger partial charge on any atom is 0.364 e. The fourth-order valence-corrected chi connectivity index (χ4v) is 0.910. The van der Waals surface area contributed by atoms with Crippen molar-refractivity contribution in [3.05, 3.63) is 24.2 Å². The minimum Gasteiger partial charge on any atom is -0.494 e. The van der Waals surface area contributed by atoms with E-state index in [4.69, 9.17) is 9.84 Å². The number of rotatable bonds is 2. The summed E-state index contributed by atoms with van der Waals surface area (Å²) >= 11 is 0. The van der Waals surface area contributed by atoms with Gasteiger partial charge in [-0.1, -0.05) is 0 Å². The van der Waals surface area contributed by atoms with E-state index in [-0.39, 0.29) is 0 Å². The lowest BCUT2D eigenvalue weighted by atomic mass is 10.1. The Labute approximate surface area is 69.1 Å². The Morgan fingerprint density at radius 3 is 3.00 bits per heavy atom. The summed E-state index contributed by atoms with van der Waals surface area (Å²) in [5.41, 5.74) is 0. The van der Waals surface area contributed by atoms with Gasteiger partial charge in [-0.15, -0.1) is 0 Å². The van der Waals surface area contributed by atoms with Crippen LogP contribution in [0.25, 0.3) is 0 Å². The van der Waals surface area contributed by atoms with Gasteiger partial charge in [-0.05, 0) is 25.0 Å². The third-order valence-corrected chi connectivity index (χ3v) is 1.50. The van der Waals surface area contributed by atoms with Crippen LogP contribution < -0.4 is 0 Å². The van der Waals surface area contributed by atoms with Crippen LogP contribution in [0.3, 0.4) is 0 Å². The van der Waals surface area contributed by atoms with Crippen LogP contribution in [0.15, 0.2) is 24.2 Å². The maximum atomic E-state index is 12.5. The molecule has 66 valence electrons. The number of carbonyl (C=O) groups is 1. The van der Waals surface area contributed by atoms with Crippen LogP contribution in [0.4, 0.5) is 4.39 Å². The summed E-state index contributed by atoms with van der Waals surface area (Å²) in [6.45, 7) is 0. The highest BCUT2D eigenvalue weighted by atomic mass is 19.1.